The van der Waals surface area contributed by atoms with Gasteiger partial charge in [0.25, 0.3) is 0 Å². The second-order valence-corrected chi connectivity index (χ2v) is 4.83. The molecule has 1 unspecified atom stereocenters. The Hall–Kier alpha value is -0.610. The Kier molecular flexibility index (Phi) is 8.17. The smallest absolute Gasteiger partial charge is 0.305 e. The summed E-state index contributed by atoms with van der Waals surface area (Å²) in [4.78, 5) is 10.9. The predicted molar refractivity (Wildman–Crippen MR) is 66.6 cm³/mol. The lowest BCUT2D eigenvalue weighted by atomic mass is 10.0. The Morgan fingerprint density at radius 1 is 1.41 bits per heavy atom. The minimum absolute atomic E-state index is 0.126. The van der Waals surface area contributed by atoms with Gasteiger partial charge in [-0.1, -0.05) is 33.6 Å². The first-order valence-electron chi connectivity index (χ1n) is 6.46. The van der Waals surface area contributed by atoms with Crippen molar-refractivity contribution in [1.29, 1.82) is 0 Å². The van der Waals surface area contributed by atoms with Crippen LogP contribution in [0, 0.1) is 5.92 Å². The number of carbonyl (C=O) groups excluding carboxylic acids is 1. The van der Waals surface area contributed by atoms with Gasteiger partial charge in [-0.25, -0.2) is 0 Å². The van der Waals surface area contributed by atoms with E-state index in [1.807, 2.05) is 6.92 Å². The van der Waals surface area contributed by atoms with Crippen molar-refractivity contribution in [3.8, 4) is 0 Å². The molecule has 4 nitrogen and oxygen atoms in total. The zero-order chi connectivity index (χ0) is 13.3. The molecule has 0 bridgehead atoms. The Bertz CT molecular complexity index is 207. The van der Waals surface area contributed by atoms with Crippen molar-refractivity contribution in [2.24, 2.45) is 5.92 Å². The van der Waals surface area contributed by atoms with E-state index < -0.39 is 5.60 Å². The van der Waals surface area contributed by atoms with Crippen molar-refractivity contribution >= 4 is 5.97 Å². The number of ether oxygens (including phenoxy) is 1. The molecule has 0 heterocycles. The van der Waals surface area contributed by atoms with Crippen molar-refractivity contribution < 1.29 is 19.7 Å². The standard InChI is InChI=1S/C9H18O4.C4H8/c1-3-5-8(11)13-7-9(12,4-2)6-10;1-4-2-3-4/h10,12H,3-7H2,1-2H3;4H,2-3H2,1H3. The summed E-state index contributed by atoms with van der Waals surface area (Å²) in [5, 5.41) is 18.3. The molecule has 1 atom stereocenters. The number of hydrogen-bond acceptors (Lipinski definition) is 4. The molecule has 17 heavy (non-hydrogen) atoms. The lowest BCUT2D eigenvalue weighted by Gasteiger charge is -2.23. The molecule has 0 radical (unpaired) electrons. The van der Waals surface area contributed by atoms with Crippen LogP contribution >= 0.6 is 0 Å². The van der Waals surface area contributed by atoms with Gasteiger partial charge in [0.15, 0.2) is 0 Å². The summed E-state index contributed by atoms with van der Waals surface area (Å²) >= 11 is 0. The largest absolute Gasteiger partial charge is 0.463 e. The summed E-state index contributed by atoms with van der Waals surface area (Å²) in [7, 11) is 0. The maximum Gasteiger partial charge on any atom is 0.305 e. The van der Waals surface area contributed by atoms with Crippen molar-refractivity contribution in [3.63, 3.8) is 0 Å². The van der Waals surface area contributed by atoms with Crippen LogP contribution in [0.5, 0.6) is 0 Å². The first-order valence-corrected chi connectivity index (χ1v) is 6.46. The highest BCUT2D eigenvalue weighted by Crippen LogP contribution is 2.26. The second-order valence-electron chi connectivity index (χ2n) is 4.83. The van der Waals surface area contributed by atoms with Crippen molar-refractivity contribution in [3.05, 3.63) is 0 Å². The zero-order valence-corrected chi connectivity index (χ0v) is 11.2. The number of carbonyl (C=O) groups is 1. The van der Waals surface area contributed by atoms with E-state index in [9.17, 15) is 9.90 Å². The fourth-order valence-corrected chi connectivity index (χ4v) is 0.917. The highest BCUT2D eigenvalue weighted by Gasteiger charge is 2.25. The van der Waals surface area contributed by atoms with Crippen LogP contribution in [0.25, 0.3) is 0 Å². The fourth-order valence-electron chi connectivity index (χ4n) is 0.917. The van der Waals surface area contributed by atoms with E-state index in [1.165, 1.54) is 12.8 Å². The average Bonchev–Trinajstić information content (AvgIpc) is 3.10. The molecular formula is C13H26O4. The molecule has 0 amide bonds. The molecule has 2 N–H and O–H groups in total. The van der Waals surface area contributed by atoms with Gasteiger partial charge in [-0.15, -0.1) is 0 Å². The van der Waals surface area contributed by atoms with Gasteiger partial charge in [0.05, 0.1) is 6.61 Å². The van der Waals surface area contributed by atoms with Crippen molar-refractivity contribution in [2.75, 3.05) is 13.2 Å². The van der Waals surface area contributed by atoms with E-state index in [4.69, 9.17) is 9.84 Å². The predicted octanol–water partition coefficient (Wildman–Crippen LogP) is 1.88. The van der Waals surface area contributed by atoms with Gasteiger partial charge in [-0.2, -0.15) is 0 Å². The average molecular weight is 246 g/mol. The number of esters is 1. The Morgan fingerprint density at radius 3 is 2.24 bits per heavy atom. The number of rotatable bonds is 6. The van der Waals surface area contributed by atoms with Crippen LogP contribution in [0.2, 0.25) is 0 Å². The van der Waals surface area contributed by atoms with E-state index in [0.717, 1.165) is 12.3 Å². The molecule has 0 saturated heterocycles. The summed E-state index contributed by atoms with van der Waals surface area (Å²) in [6.45, 7) is 5.37. The van der Waals surface area contributed by atoms with Gasteiger partial charge >= 0.3 is 5.97 Å². The molecular weight excluding hydrogens is 220 g/mol. The van der Waals surface area contributed by atoms with E-state index in [2.05, 4.69) is 6.92 Å². The molecule has 1 aliphatic carbocycles. The minimum atomic E-state index is -1.27. The van der Waals surface area contributed by atoms with Gasteiger partial charge < -0.3 is 14.9 Å². The third-order valence-corrected chi connectivity index (χ3v) is 2.77. The van der Waals surface area contributed by atoms with E-state index in [-0.39, 0.29) is 19.2 Å². The first-order chi connectivity index (χ1) is 7.97. The van der Waals surface area contributed by atoms with E-state index in [1.54, 1.807) is 6.92 Å². The molecule has 0 aromatic rings. The van der Waals surface area contributed by atoms with Crippen LogP contribution in [0.1, 0.15) is 52.9 Å². The summed E-state index contributed by atoms with van der Waals surface area (Å²) in [5.74, 6) is 0.753. The van der Waals surface area contributed by atoms with Gasteiger partial charge in [-0.3, -0.25) is 4.79 Å². The molecule has 4 heteroatoms. The Labute approximate surface area is 104 Å². The van der Waals surface area contributed by atoms with E-state index >= 15 is 0 Å². The molecule has 0 aromatic heterocycles. The normalized spacial score (nSPS) is 17.7. The van der Waals surface area contributed by atoms with Crippen molar-refractivity contribution in [2.45, 2.75) is 58.5 Å². The third kappa shape index (κ3) is 9.12. The zero-order valence-electron chi connectivity index (χ0n) is 11.2. The monoisotopic (exact) mass is 246 g/mol. The molecule has 0 aromatic carbocycles. The maximum atomic E-state index is 10.9. The van der Waals surface area contributed by atoms with E-state index in [0.29, 0.717) is 12.8 Å². The highest BCUT2D eigenvalue weighted by atomic mass is 16.5. The first kappa shape index (κ1) is 16.4. The van der Waals surface area contributed by atoms with Crippen LogP contribution in [0.4, 0.5) is 0 Å². The highest BCUT2D eigenvalue weighted by molar-refractivity contribution is 5.69. The lowest BCUT2D eigenvalue weighted by molar-refractivity contribution is -0.154. The number of hydrogen-bond donors (Lipinski definition) is 2. The SMILES string of the molecule is CC1CC1.CCCC(=O)OCC(O)(CC)CO. The molecule has 0 spiro atoms. The Morgan fingerprint density at radius 2 is 1.94 bits per heavy atom. The van der Waals surface area contributed by atoms with Crippen LogP contribution in [0.15, 0.2) is 0 Å². The molecule has 1 aliphatic rings. The number of aliphatic hydroxyl groups excluding tert-OH is 1. The lowest BCUT2D eigenvalue weighted by Crippen LogP contribution is -2.38. The maximum absolute atomic E-state index is 10.9. The summed E-state index contributed by atoms with van der Waals surface area (Å²) in [6, 6.07) is 0. The van der Waals surface area contributed by atoms with Gasteiger partial charge in [0.1, 0.15) is 12.2 Å². The molecule has 1 fully saturated rings. The van der Waals surface area contributed by atoms with Crippen LogP contribution in [-0.2, 0) is 9.53 Å². The Balaban J connectivity index is 0.000000529. The second kappa shape index (κ2) is 8.48. The molecule has 1 saturated carbocycles. The number of aliphatic hydroxyl groups is 2. The fraction of sp³-hybridized carbons (Fsp3) is 0.923. The molecule has 0 aliphatic heterocycles. The van der Waals surface area contributed by atoms with Crippen LogP contribution < -0.4 is 0 Å². The van der Waals surface area contributed by atoms with Crippen molar-refractivity contribution in [1.82, 2.24) is 0 Å². The van der Waals surface area contributed by atoms with Gasteiger partial charge in [0.2, 0.25) is 0 Å². The quantitative estimate of drug-likeness (QED) is 0.702. The summed E-state index contributed by atoms with van der Waals surface area (Å²) in [6.07, 6.45) is 4.41. The molecule has 102 valence electrons. The van der Waals surface area contributed by atoms with Crippen LogP contribution in [-0.4, -0.2) is 35.0 Å². The minimum Gasteiger partial charge on any atom is -0.463 e. The molecule has 1 rings (SSSR count). The van der Waals surface area contributed by atoms with Gasteiger partial charge in [-0.05, 0) is 18.8 Å². The van der Waals surface area contributed by atoms with Gasteiger partial charge in [0, 0.05) is 6.42 Å². The summed E-state index contributed by atoms with van der Waals surface area (Å²) < 4.78 is 4.78. The third-order valence-electron chi connectivity index (χ3n) is 2.77. The summed E-state index contributed by atoms with van der Waals surface area (Å²) in [5.41, 5.74) is -1.27. The topological polar surface area (TPSA) is 66.8 Å². The van der Waals surface area contributed by atoms with Crippen LogP contribution in [0.3, 0.4) is 0 Å².